The lowest BCUT2D eigenvalue weighted by Crippen LogP contribution is -2.36. The Labute approximate surface area is 143 Å². The zero-order valence-corrected chi connectivity index (χ0v) is 14.5. The van der Waals surface area contributed by atoms with Crippen LogP contribution in [0.15, 0.2) is 60.8 Å². The van der Waals surface area contributed by atoms with Gasteiger partial charge in [0.25, 0.3) is 5.91 Å². The van der Waals surface area contributed by atoms with E-state index in [0.717, 1.165) is 23.4 Å². The summed E-state index contributed by atoms with van der Waals surface area (Å²) in [6.45, 7) is 8.22. The molecular weight excluding hydrogens is 300 g/mol. The number of nitrogens with zero attached hydrogens (tertiary/aromatic N) is 2. The first-order valence-electron chi connectivity index (χ1n) is 8.01. The Balaban J connectivity index is 1.98. The molecule has 0 unspecified atom stereocenters. The minimum Gasteiger partial charge on any atom is -0.489 e. The van der Waals surface area contributed by atoms with E-state index in [-0.39, 0.29) is 11.9 Å². The van der Waals surface area contributed by atoms with Gasteiger partial charge in [-0.15, -0.1) is 0 Å². The largest absolute Gasteiger partial charge is 0.489 e. The van der Waals surface area contributed by atoms with Crippen molar-refractivity contribution in [2.24, 2.45) is 0 Å². The molecule has 0 N–H and O–H groups in total. The van der Waals surface area contributed by atoms with Crippen LogP contribution < -0.4 is 4.74 Å². The maximum absolute atomic E-state index is 12.6. The number of hydrogen-bond donors (Lipinski definition) is 0. The maximum atomic E-state index is 12.6. The highest BCUT2D eigenvalue weighted by Gasteiger charge is 2.18. The molecule has 0 aliphatic rings. The Morgan fingerprint density at radius 1 is 1.25 bits per heavy atom. The zero-order chi connectivity index (χ0) is 17.5. The van der Waals surface area contributed by atoms with Crippen molar-refractivity contribution in [3.05, 3.63) is 72.1 Å². The molecule has 1 amide bonds. The van der Waals surface area contributed by atoms with Crippen molar-refractivity contribution in [3.8, 4) is 5.75 Å². The molecule has 0 bridgehead atoms. The quantitative estimate of drug-likeness (QED) is 0.729. The number of likely N-dealkylation sites (N-methyl/N-ethyl adjacent to an activating group) is 1. The second kappa shape index (κ2) is 8.29. The molecule has 1 atom stereocenters. The van der Waals surface area contributed by atoms with Crippen LogP contribution in [-0.2, 0) is 6.42 Å². The topological polar surface area (TPSA) is 42.4 Å². The molecule has 0 saturated heterocycles. The van der Waals surface area contributed by atoms with Gasteiger partial charge in [0.2, 0.25) is 0 Å². The van der Waals surface area contributed by atoms with Crippen LogP contribution in [0.3, 0.4) is 0 Å². The van der Waals surface area contributed by atoms with Gasteiger partial charge < -0.3 is 9.64 Å². The molecule has 1 aromatic carbocycles. The number of benzene rings is 1. The molecule has 0 fully saturated rings. The third-order valence-corrected chi connectivity index (χ3v) is 3.80. The van der Waals surface area contributed by atoms with Crippen LogP contribution in [0, 0.1) is 0 Å². The number of pyridine rings is 1. The average molecular weight is 324 g/mol. The number of aromatic nitrogens is 1. The van der Waals surface area contributed by atoms with E-state index < -0.39 is 0 Å². The molecule has 24 heavy (non-hydrogen) atoms. The van der Waals surface area contributed by atoms with Gasteiger partial charge in [-0.2, -0.15) is 0 Å². The summed E-state index contributed by atoms with van der Waals surface area (Å²) in [5, 5.41) is 0. The monoisotopic (exact) mass is 324 g/mol. The van der Waals surface area contributed by atoms with E-state index in [0.29, 0.717) is 12.2 Å². The van der Waals surface area contributed by atoms with Gasteiger partial charge in [-0.3, -0.25) is 9.78 Å². The predicted molar refractivity (Wildman–Crippen MR) is 96.2 cm³/mol. The van der Waals surface area contributed by atoms with E-state index in [9.17, 15) is 4.79 Å². The number of hydrogen-bond acceptors (Lipinski definition) is 3. The van der Waals surface area contributed by atoms with Crippen LogP contribution in [-0.4, -0.2) is 35.5 Å². The van der Waals surface area contributed by atoms with Gasteiger partial charge in [-0.05, 0) is 55.8 Å². The minimum atomic E-state index is -0.00937. The first-order valence-corrected chi connectivity index (χ1v) is 8.01. The van der Waals surface area contributed by atoms with Crippen LogP contribution in [0.1, 0.15) is 29.9 Å². The highest BCUT2D eigenvalue weighted by molar-refractivity contribution is 5.94. The summed E-state index contributed by atoms with van der Waals surface area (Å²) in [7, 11) is 1.82. The predicted octanol–water partition coefficient (Wildman–Crippen LogP) is 3.74. The summed E-state index contributed by atoms with van der Waals surface area (Å²) in [4.78, 5) is 18.7. The molecule has 0 radical (unpaired) electrons. The number of rotatable bonds is 7. The van der Waals surface area contributed by atoms with Gasteiger partial charge in [0.15, 0.2) is 0 Å². The Bertz CT molecular complexity index is 681. The van der Waals surface area contributed by atoms with Gasteiger partial charge in [0.05, 0.1) is 0 Å². The normalized spacial score (nSPS) is 11.6. The fraction of sp³-hybridized carbons (Fsp3) is 0.300. The molecule has 1 aromatic heterocycles. The Morgan fingerprint density at radius 3 is 2.54 bits per heavy atom. The van der Waals surface area contributed by atoms with E-state index in [1.165, 1.54) is 0 Å². The second-order valence-electron chi connectivity index (χ2n) is 6.06. The molecule has 2 aromatic rings. The summed E-state index contributed by atoms with van der Waals surface area (Å²) >= 11 is 0. The molecule has 126 valence electrons. The first-order chi connectivity index (χ1) is 11.5. The zero-order valence-electron chi connectivity index (χ0n) is 14.5. The summed E-state index contributed by atoms with van der Waals surface area (Å²) in [6.07, 6.45) is 2.50. The summed E-state index contributed by atoms with van der Waals surface area (Å²) < 4.78 is 5.56. The van der Waals surface area contributed by atoms with E-state index in [1.54, 1.807) is 23.2 Å². The van der Waals surface area contributed by atoms with Gasteiger partial charge in [-0.25, -0.2) is 0 Å². The number of carbonyl (C=O) groups is 1. The number of ether oxygens (including phenoxy) is 1. The van der Waals surface area contributed by atoms with Crippen molar-refractivity contribution in [1.29, 1.82) is 0 Å². The average Bonchev–Trinajstić information content (AvgIpc) is 2.60. The third-order valence-electron chi connectivity index (χ3n) is 3.80. The molecule has 2 rings (SSSR count). The summed E-state index contributed by atoms with van der Waals surface area (Å²) in [6, 6.07) is 13.1. The van der Waals surface area contributed by atoms with E-state index >= 15 is 0 Å². The second-order valence-corrected chi connectivity index (χ2v) is 6.06. The summed E-state index contributed by atoms with van der Waals surface area (Å²) in [5.74, 6) is 0.726. The van der Waals surface area contributed by atoms with Gasteiger partial charge in [0.1, 0.15) is 12.4 Å². The van der Waals surface area contributed by atoms with Crippen molar-refractivity contribution in [2.75, 3.05) is 13.7 Å². The lowest BCUT2D eigenvalue weighted by atomic mass is 10.1. The Morgan fingerprint density at radius 2 is 1.96 bits per heavy atom. The SMILES string of the molecule is C=C(C)COc1ccc(C(=O)N(C)[C@H](C)Cc2ccccn2)cc1. The molecule has 0 spiro atoms. The number of amides is 1. The number of carbonyl (C=O) groups excluding carboxylic acids is 1. The standard InChI is InChI=1S/C20H24N2O2/c1-15(2)14-24-19-10-8-17(9-11-19)20(23)22(4)16(3)13-18-7-5-6-12-21-18/h5-12,16H,1,13-14H2,2-4H3/t16-/m1/s1. The van der Waals surface area contributed by atoms with Crippen LogP contribution >= 0.6 is 0 Å². The van der Waals surface area contributed by atoms with E-state index in [4.69, 9.17) is 4.74 Å². The fourth-order valence-electron chi connectivity index (χ4n) is 2.26. The fourth-order valence-corrected chi connectivity index (χ4v) is 2.26. The van der Waals surface area contributed by atoms with Crippen molar-refractivity contribution in [1.82, 2.24) is 9.88 Å². The van der Waals surface area contributed by atoms with Crippen molar-refractivity contribution in [3.63, 3.8) is 0 Å². The third kappa shape index (κ3) is 4.95. The lowest BCUT2D eigenvalue weighted by molar-refractivity contribution is 0.0743. The van der Waals surface area contributed by atoms with Crippen molar-refractivity contribution >= 4 is 5.91 Å². The van der Waals surface area contributed by atoms with Gasteiger partial charge in [0, 0.05) is 37.0 Å². The Kier molecular flexibility index (Phi) is 6.13. The highest BCUT2D eigenvalue weighted by Crippen LogP contribution is 2.15. The van der Waals surface area contributed by atoms with Crippen molar-refractivity contribution in [2.45, 2.75) is 26.3 Å². The smallest absolute Gasteiger partial charge is 0.253 e. The summed E-state index contributed by atoms with van der Waals surface area (Å²) in [5.41, 5.74) is 2.58. The molecule has 0 aliphatic carbocycles. The molecule has 4 heteroatoms. The van der Waals surface area contributed by atoms with Crippen LogP contribution in [0.5, 0.6) is 5.75 Å². The Hall–Kier alpha value is -2.62. The van der Waals surface area contributed by atoms with E-state index in [1.807, 2.05) is 51.2 Å². The first kappa shape index (κ1) is 17.7. The highest BCUT2D eigenvalue weighted by atomic mass is 16.5. The minimum absolute atomic E-state index is 0.00937. The lowest BCUT2D eigenvalue weighted by Gasteiger charge is -2.25. The molecule has 0 aliphatic heterocycles. The van der Waals surface area contributed by atoms with Crippen LogP contribution in [0.4, 0.5) is 0 Å². The molecule has 1 heterocycles. The molecule has 0 saturated carbocycles. The van der Waals surface area contributed by atoms with Gasteiger partial charge in [-0.1, -0.05) is 12.6 Å². The van der Waals surface area contributed by atoms with Gasteiger partial charge >= 0.3 is 0 Å². The van der Waals surface area contributed by atoms with Crippen LogP contribution in [0.2, 0.25) is 0 Å². The van der Waals surface area contributed by atoms with Crippen LogP contribution in [0.25, 0.3) is 0 Å². The molecular formula is C20H24N2O2. The van der Waals surface area contributed by atoms with Crippen molar-refractivity contribution < 1.29 is 9.53 Å². The molecule has 4 nitrogen and oxygen atoms in total. The van der Waals surface area contributed by atoms with E-state index in [2.05, 4.69) is 11.6 Å². The maximum Gasteiger partial charge on any atom is 0.253 e.